The van der Waals surface area contributed by atoms with Gasteiger partial charge in [0.05, 0.1) is 29.5 Å². The van der Waals surface area contributed by atoms with Gasteiger partial charge in [0.25, 0.3) is 5.95 Å². The Morgan fingerprint density at radius 1 is 1.15 bits per heavy atom. The number of nitrogens with one attached hydrogen (secondary N) is 1. The minimum absolute atomic E-state index is 0.162. The molecule has 0 bridgehead atoms. The summed E-state index contributed by atoms with van der Waals surface area (Å²) in [5.41, 5.74) is 2.99. The van der Waals surface area contributed by atoms with Gasteiger partial charge in [-0.2, -0.15) is 15.5 Å². The van der Waals surface area contributed by atoms with Crippen molar-refractivity contribution < 1.29 is 12.8 Å². The van der Waals surface area contributed by atoms with Gasteiger partial charge in [-0.25, -0.2) is 17.5 Å². The van der Waals surface area contributed by atoms with E-state index in [0.29, 0.717) is 33.6 Å². The number of hydrogen-bond donors (Lipinski definition) is 1. The van der Waals surface area contributed by atoms with Crippen LogP contribution < -0.4 is 9.62 Å². The molecule has 11 heteroatoms. The molecule has 2 heterocycles. The second kappa shape index (κ2) is 8.37. The molecule has 1 atom stereocenters. The number of allylic oxidation sites excluding steroid dienone is 2. The normalized spacial score (nSPS) is 15.5. The number of hydrogen-bond acceptors (Lipinski definition) is 7. The second-order valence-electron chi connectivity index (χ2n) is 7.44. The number of benzene rings is 2. The van der Waals surface area contributed by atoms with Crippen LogP contribution in [0.3, 0.4) is 0 Å². The third-order valence-corrected chi connectivity index (χ3v) is 5.69. The second-order valence-corrected chi connectivity index (χ2v) is 9.19. The molecule has 4 rings (SSSR count). The molecule has 0 spiro atoms. The first kappa shape index (κ1) is 22.0. The Balaban J connectivity index is 1.96. The molecule has 1 aromatic heterocycles. The molecule has 0 amide bonds. The summed E-state index contributed by atoms with van der Waals surface area (Å²) in [6.45, 7) is 1.07. The van der Waals surface area contributed by atoms with Crippen LogP contribution >= 0.6 is 0 Å². The van der Waals surface area contributed by atoms with E-state index < -0.39 is 22.7 Å². The van der Waals surface area contributed by atoms with Crippen LogP contribution in [0, 0.1) is 22.7 Å². The number of sulfonamides is 1. The van der Waals surface area contributed by atoms with Gasteiger partial charge in [-0.05, 0) is 42.3 Å². The fourth-order valence-electron chi connectivity index (χ4n) is 3.72. The Labute approximate surface area is 190 Å². The fraction of sp³-hybridized carbons (Fsp3) is 0.182. The van der Waals surface area contributed by atoms with Crippen LogP contribution in [0.25, 0.3) is 0 Å². The molecule has 0 saturated carbocycles. The highest BCUT2D eigenvalue weighted by atomic mass is 32.2. The van der Waals surface area contributed by atoms with Gasteiger partial charge in [0, 0.05) is 11.4 Å². The summed E-state index contributed by atoms with van der Waals surface area (Å²) in [4.78, 5) is 6.01. The number of anilines is 3. The van der Waals surface area contributed by atoms with Crippen molar-refractivity contribution in [1.82, 2.24) is 14.8 Å². The van der Waals surface area contributed by atoms with Gasteiger partial charge >= 0.3 is 0 Å². The van der Waals surface area contributed by atoms with Gasteiger partial charge in [0.2, 0.25) is 16.0 Å². The zero-order valence-electron chi connectivity index (χ0n) is 17.7. The third-order valence-electron chi connectivity index (χ3n) is 5.13. The van der Waals surface area contributed by atoms with Crippen molar-refractivity contribution in [1.29, 1.82) is 10.5 Å². The van der Waals surface area contributed by atoms with Crippen molar-refractivity contribution in [3.63, 3.8) is 0 Å². The smallest absolute Gasteiger partial charge is 0.257 e. The lowest BCUT2D eigenvalue weighted by molar-refractivity contribution is 0.485. The molecular weight excluding hydrogens is 445 g/mol. The highest BCUT2D eigenvalue weighted by Gasteiger charge is 2.36. The molecule has 1 aliphatic rings. The lowest BCUT2D eigenvalue weighted by Crippen LogP contribution is -2.30. The van der Waals surface area contributed by atoms with Crippen LogP contribution in [0.5, 0.6) is 0 Å². The maximum atomic E-state index is 13.3. The summed E-state index contributed by atoms with van der Waals surface area (Å²) in [7, 11) is -3.66. The first-order valence-corrected chi connectivity index (χ1v) is 11.6. The molecule has 0 fully saturated rings. The molecule has 0 aliphatic carbocycles. The third kappa shape index (κ3) is 4.14. The van der Waals surface area contributed by atoms with E-state index in [2.05, 4.69) is 26.9 Å². The number of halogens is 1. The van der Waals surface area contributed by atoms with Crippen LogP contribution in [0.15, 0.2) is 59.8 Å². The summed E-state index contributed by atoms with van der Waals surface area (Å²) < 4.78 is 40.7. The van der Waals surface area contributed by atoms with Crippen molar-refractivity contribution in [2.45, 2.75) is 19.6 Å². The fourth-order valence-corrected chi connectivity index (χ4v) is 4.14. The van der Waals surface area contributed by atoms with Gasteiger partial charge in [0.1, 0.15) is 12.7 Å². The standard InChI is InChI=1S/C22H18FN7O2S/c1-14-19(13-25)20(17-8-6-15(12-24)7-9-17)30-22(26-21(27-30)28-33(2,31)32)29(14)18-5-3-4-16(10-18)11-23/h3-10,20H,11H2,1-2H3,(H,27,28)/t20-/m1/s1. The summed E-state index contributed by atoms with van der Waals surface area (Å²) >= 11 is 0. The van der Waals surface area contributed by atoms with E-state index >= 15 is 0 Å². The van der Waals surface area contributed by atoms with Crippen LogP contribution in [0.4, 0.5) is 22.0 Å². The lowest BCUT2D eigenvalue weighted by Gasteiger charge is -2.34. The summed E-state index contributed by atoms with van der Waals surface area (Å²) in [6.07, 6.45) is 0.984. The quantitative estimate of drug-likeness (QED) is 0.613. The number of alkyl halides is 1. The van der Waals surface area contributed by atoms with E-state index in [9.17, 15) is 18.1 Å². The highest BCUT2D eigenvalue weighted by Crippen LogP contribution is 2.42. The Morgan fingerprint density at radius 2 is 1.88 bits per heavy atom. The van der Waals surface area contributed by atoms with Crippen LogP contribution in [-0.4, -0.2) is 29.4 Å². The van der Waals surface area contributed by atoms with Gasteiger partial charge in [-0.3, -0.25) is 9.62 Å². The van der Waals surface area contributed by atoms with Crippen LogP contribution in [-0.2, 0) is 16.7 Å². The Hall–Kier alpha value is -4.22. The minimum Gasteiger partial charge on any atom is -0.282 e. The van der Waals surface area contributed by atoms with E-state index in [1.807, 2.05) is 0 Å². The molecule has 1 aliphatic heterocycles. The number of nitrogens with zero attached hydrogens (tertiary/aromatic N) is 6. The zero-order chi connectivity index (χ0) is 23.8. The largest absolute Gasteiger partial charge is 0.282 e. The van der Waals surface area contributed by atoms with Gasteiger partial charge in [0.15, 0.2) is 0 Å². The first-order chi connectivity index (χ1) is 15.8. The maximum Gasteiger partial charge on any atom is 0.257 e. The van der Waals surface area contributed by atoms with Gasteiger partial charge < -0.3 is 0 Å². The Kier molecular flexibility index (Phi) is 5.58. The van der Waals surface area contributed by atoms with Crippen LogP contribution in [0.2, 0.25) is 0 Å². The van der Waals surface area contributed by atoms with Crippen molar-refractivity contribution in [2.24, 2.45) is 0 Å². The molecule has 1 N–H and O–H groups in total. The van der Waals surface area contributed by atoms with Crippen molar-refractivity contribution in [2.75, 3.05) is 15.9 Å². The minimum atomic E-state index is -3.66. The average Bonchev–Trinajstić information content (AvgIpc) is 3.19. The van der Waals surface area contributed by atoms with Crippen molar-refractivity contribution in [3.05, 3.63) is 76.5 Å². The number of aromatic nitrogens is 3. The van der Waals surface area contributed by atoms with E-state index in [0.717, 1.165) is 6.26 Å². The molecule has 0 saturated heterocycles. The highest BCUT2D eigenvalue weighted by molar-refractivity contribution is 7.91. The Bertz CT molecular complexity index is 1450. The molecule has 3 aromatic rings. The molecule has 166 valence electrons. The van der Waals surface area contributed by atoms with Gasteiger partial charge in [-0.15, -0.1) is 5.10 Å². The maximum absolute atomic E-state index is 13.3. The molecule has 0 unspecified atom stereocenters. The predicted molar refractivity (Wildman–Crippen MR) is 119 cm³/mol. The van der Waals surface area contributed by atoms with Crippen molar-refractivity contribution in [3.8, 4) is 12.1 Å². The zero-order valence-corrected chi connectivity index (χ0v) is 18.5. The monoisotopic (exact) mass is 463 g/mol. The molecule has 0 radical (unpaired) electrons. The lowest BCUT2D eigenvalue weighted by atomic mass is 9.95. The summed E-state index contributed by atoms with van der Waals surface area (Å²) in [6, 6.07) is 16.9. The predicted octanol–water partition coefficient (Wildman–Crippen LogP) is 3.53. The molecule has 2 aromatic carbocycles. The van der Waals surface area contributed by atoms with E-state index in [4.69, 9.17) is 5.26 Å². The van der Waals surface area contributed by atoms with Gasteiger partial charge in [-0.1, -0.05) is 24.3 Å². The number of nitriles is 2. The molecule has 33 heavy (non-hydrogen) atoms. The topological polar surface area (TPSA) is 128 Å². The first-order valence-electron chi connectivity index (χ1n) is 9.76. The summed E-state index contributed by atoms with van der Waals surface area (Å²) in [5.74, 6) is 0.0906. The van der Waals surface area contributed by atoms with Crippen LogP contribution in [0.1, 0.15) is 29.7 Å². The summed E-state index contributed by atoms with van der Waals surface area (Å²) in [5, 5.41) is 23.5. The molecular formula is C22H18FN7O2S. The SMILES string of the molecule is CC1=C(C#N)[C@@H](c2ccc(C#N)cc2)n2nc(NS(C)(=O)=O)nc2N1c1cccc(CF)c1. The number of rotatable bonds is 5. The average molecular weight is 463 g/mol. The Morgan fingerprint density at radius 3 is 2.48 bits per heavy atom. The number of fused-ring (bicyclic) bond motifs is 1. The van der Waals surface area contributed by atoms with E-state index in [1.54, 1.807) is 60.4 Å². The molecule has 9 nitrogen and oxygen atoms in total. The van der Waals surface area contributed by atoms with E-state index in [-0.39, 0.29) is 11.9 Å². The van der Waals surface area contributed by atoms with E-state index in [1.165, 1.54) is 4.68 Å². The van der Waals surface area contributed by atoms with Crippen molar-refractivity contribution >= 4 is 27.6 Å².